The number of nitrogens with two attached hydrogens (primary N) is 2. The van der Waals surface area contributed by atoms with Gasteiger partial charge in [-0.1, -0.05) is 13.3 Å². The second kappa shape index (κ2) is 5.85. The topological polar surface area (TPSA) is 61.3 Å². The monoisotopic (exact) mass is 162 g/mol. The lowest BCUT2D eigenvalue weighted by molar-refractivity contribution is 0.416. The summed E-state index contributed by atoms with van der Waals surface area (Å²) in [6, 6.07) is 0.150. The van der Waals surface area contributed by atoms with E-state index in [0.717, 1.165) is 6.42 Å². The fourth-order valence-electron chi connectivity index (χ4n) is 0.951. The van der Waals surface area contributed by atoms with E-state index in [4.69, 9.17) is 15.9 Å². The Morgan fingerprint density at radius 2 is 2.20 bits per heavy atom. The van der Waals surface area contributed by atoms with Gasteiger partial charge in [0.25, 0.3) is 0 Å². The fourth-order valence-corrected chi connectivity index (χ4v) is 2.05. The van der Waals surface area contributed by atoms with Gasteiger partial charge in [-0.25, -0.2) is 0 Å². The summed E-state index contributed by atoms with van der Waals surface area (Å²) in [5.74, 6) is 0. The molecule has 4 N–H and O–H groups in total. The second-order valence-corrected chi connectivity index (χ2v) is 4.48. The Balaban J connectivity index is 3.56. The van der Waals surface area contributed by atoms with Crippen molar-refractivity contribution in [1.82, 2.24) is 0 Å². The molecule has 0 saturated carbocycles. The molecule has 0 amide bonds. The van der Waals surface area contributed by atoms with Crippen LogP contribution in [0.2, 0.25) is 5.54 Å². The maximum absolute atomic E-state index is 5.74. The Morgan fingerprint density at radius 3 is 2.50 bits per heavy atom. The van der Waals surface area contributed by atoms with E-state index in [1.54, 1.807) is 7.11 Å². The molecule has 62 valence electrons. The summed E-state index contributed by atoms with van der Waals surface area (Å²) in [4.78, 5) is 0. The van der Waals surface area contributed by atoms with E-state index in [9.17, 15) is 0 Å². The fraction of sp³-hybridized carbons (Fsp3) is 1.00. The molecule has 0 rings (SSSR count). The molecule has 2 unspecified atom stereocenters. The molecular formula is C6H18N2OSi. The van der Waals surface area contributed by atoms with Gasteiger partial charge in [0.2, 0.25) is 0 Å². The van der Waals surface area contributed by atoms with Crippen LogP contribution in [0.3, 0.4) is 0 Å². The molecule has 10 heavy (non-hydrogen) atoms. The summed E-state index contributed by atoms with van der Waals surface area (Å²) in [7, 11) is 1.32. The lowest BCUT2D eigenvalue weighted by atomic mass is 10.2. The second-order valence-electron chi connectivity index (χ2n) is 2.52. The molecular weight excluding hydrogens is 144 g/mol. The van der Waals surface area contributed by atoms with Gasteiger partial charge in [-0.3, -0.25) is 0 Å². The average molecular weight is 162 g/mol. The number of rotatable bonds is 5. The van der Waals surface area contributed by atoms with Crippen molar-refractivity contribution in [2.24, 2.45) is 11.5 Å². The largest absolute Gasteiger partial charge is 0.427 e. The van der Waals surface area contributed by atoms with Crippen LogP contribution < -0.4 is 11.5 Å². The zero-order valence-corrected chi connectivity index (χ0v) is 8.25. The van der Waals surface area contributed by atoms with E-state index < -0.39 is 9.76 Å². The highest BCUT2D eigenvalue weighted by atomic mass is 28.2. The SMILES string of the molecule is CCC([SiH2]OC)C(N)CN. The van der Waals surface area contributed by atoms with E-state index in [-0.39, 0.29) is 6.04 Å². The summed E-state index contributed by atoms with van der Waals surface area (Å²) >= 11 is 0. The first-order chi connectivity index (χ1) is 4.76. The molecule has 0 aromatic carbocycles. The van der Waals surface area contributed by atoms with Crippen LogP contribution in [-0.4, -0.2) is 29.5 Å². The third-order valence-corrected chi connectivity index (χ3v) is 3.73. The Kier molecular flexibility index (Phi) is 5.91. The predicted molar refractivity (Wildman–Crippen MR) is 46.6 cm³/mol. The smallest absolute Gasteiger partial charge is 0.165 e. The third-order valence-electron chi connectivity index (χ3n) is 1.78. The summed E-state index contributed by atoms with van der Waals surface area (Å²) in [6.45, 7) is 2.71. The summed E-state index contributed by atoms with van der Waals surface area (Å²) in [5, 5.41) is 0. The van der Waals surface area contributed by atoms with Gasteiger partial charge >= 0.3 is 0 Å². The van der Waals surface area contributed by atoms with Crippen molar-refractivity contribution in [3.8, 4) is 0 Å². The molecule has 0 aliphatic heterocycles. The first kappa shape index (κ1) is 10.1. The average Bonchev–Trinajstić information content (AvgIpc) is 1.99. The minimum Gasteiger partial charge on any atom is -0.427 e. The first-order valence-corrected chi connectivity index (χ1v) is 5.10. The minimum atomic E-state index is -0.428. The van der Waals surface area contributed by atoms with Crippen LogP contribution in [0.25, 0.3) is 0 Å². The van der Waals surface area contributed by atoms with Gasteiger partial charge in [0.05, 0.1) is 0 Å². The Hall–Kier alpha value is 0.0969. The van der Waals surface area contributed by atoms with E-state index in [0.29, 0.717) is 12.1 Å². The molecule has 0 saturated heterocycles. The zero-order valence-electron chi connectivity index (χ0n) is 6.84. The molecule has 0 aromatic rings. The van der Waals surface area contributed by atoms with Crippen molar-refractivity contribution in [2.75, 3.05) is 13.7 Å². The van der Waals surface area contributed by atoms with E-state index in [1.165, 1.54) is 0 Å². The van der Waals surface area contributed by atoms with Gasteiger partial charge in [-0.2, -0.15) is 0 Å². The van der Waals surface area contributed by atoms with E-state index in [2.05, 4.69) is 6.92 Å². The molecule has 0 aliphatic carbocycles. The van der Waals surface area contributed by atoms with Crippen LogP contribution in [-0.2, 0) is 4.43 Å². The minimum absolute atomic E-state index is 0.150. The van der Waals surface area contributed by atoms with Gasteiger partial charge in [0.1, 0.15) is 0 Å². The third kappa shape index (κ3) is 3.31. The van der Waals surface area contributed by atoms with Crippen molar-refractivity contribution in [3.05, 3.63) is 0 Å². The number of hydrogen-bond acceptors (Lipinski definition) is 3. The molecule has 0 fully saturated rings. The Morgan fingerprint density at radius 1 is 1.60 bits per heavy atom. The molecule has 2 atom stereocenters. The van der Waals surface area contributed by atoms with Crippen LogP contribution in [0.5, 0.6) is 0 Å². The van der Waals surface area contributed by atoms with Crippen molar-refractivity contribution < 1.29 is 4.43 Å². The highest BCUT2D eigenvalue weighted by Gasteiger charge is 2.14. The van der Waals surface area contributed by atoms with Crippen LogP contribution in [0, 0.1) is 0 Å². The van der Waals surface area contributed by atoms with Crippen LogP contribution in [0.15, 0.2) is 0 Å². The Bertz CT molecular complexity index is 82.1. The molecule has 4 heteroatoms. The quantitative estimate of drug-likeness (QED) is 0.520. The normalized spacial score (nSPS) is 18.0. The molecule has 0 aromatic heterocycles. The predicted octanol–water partition coefficient (Wildman–Crippen LogP) is -0.799. The zero-order chi connectivity index (χ0) is 7.98. The van der Waals surface area contributed by atoms with Crippen LogP contribution in [0.4, 0.5) is 0 Å². The molecule has 0 spiro atoms. The van der Waals surface area contributed by atoms with Crippen LogP contribution in [0.1, 0.15) is 13.3 Å². The molecule has 0 heterocycles. The first-order valence-electron chi connectivity index (χ1n) is 3.70. The standard InChI is InChI=1S/C6H18N2OSi/c1-3-6(10-9-2)5(8)4-7/h5-6H,3-4,7-8,10H2,1-2H3. The van der Waals surface area contributed by atoms with Gasteiger partial charge in [0, 0.05) is 19.7 Å². The van der Waals surface area contributed by atoms with Crippen molar-refractivity contribution in [2.45, 2.75) is 24.9 Å². The summed E-state index contributed by atoms with van der Waals surface area (Å²) in [5.41, 5.74) is 11.7. The van der Waals surface area contributed by atoms with Gasteiger partial charge < -0.3 is 15.9 Å². The molecule has 0 radical (unpaired) electrons. The highest BCUT2D eigenvalue weighted by Crippen LogP contribution is 2.11. The van der Waals surface area contributed by atoms with E-state index >= 15 is 0 Å². The number of hydrogen-bond donors (Lipinski definition) is 2. The van der Waals surface area contributed by atoms with E-state index in [1.807, 2.05) is 0 Å². The lowest BCUT2D eigenvalue weighted by Crippen LogP contribution is -2.36. The molecule has 0 bridgehead atoms. The highest BCUT2D eigenvalue weighted by molar-refractivity contribution is 6.29. The van der Waals surface area contributed by atoms with Gasteiger partial charge in [0.15, 0.2) is 9.76 Å². The van der Waals surface area contributed by atoms with Gasteiger partial charge in [-0.05, 0) is 5.54 Å². The van der Waals surface area contributed by atoms with Crippen molar-refractivity contribution in [1.29, 1.82) is 0 Å². The maximum atomic E-state index is 5.74. The lowest BCUT2D eigenvalue weighted by Gasteiger charge is -2.18. The Labute approximate surface area is 65.1 Å². The summed E-state index contributed by atoms with van der Waals surface area (Å²) in [6.07, 6.45) is 1.10. The van der Waals surface area contributed by atoms with Crippen molar-refractivity contribution in [3.63, 3.8) is 0 Å². The maximum Gasteiger partial charge on any atom is 0.165 e. The van der Waals surface area contributed by atoms with Crippen molar-refractivity contribution >= 4 is 9.76 Å². The molecule has 3 nitrogen and oxygen atoms in total. The van der Waals surface area contributed by atoms with Crippen LogP contribution >= 0.6 is 0 Å². The van der Waals surface area contributed by atoms with Gasteiger partial charge in [-0.15, -0.1) is 0 Å². The molecule has 0 aliphatic rings. The summed E-state index contributed by atoms with van der Waals surface area (Å²) < 4.78 is 5.12.